The van der Waals surface area contributed by atoms with Gasteiger partial charge in [-0.3, -0.25) is 4.79 Å². The van der Waals surface area contributed by atoms with Crippen LogP contribution in [0, 0.1) is 0 Å². The molecule has 0 N–H and O–H groups in total. The normalized spacial score (nSPS) is 10.8. The van der Waals surface area contributed by atoms with Crippen molar-refractivity contribution in [3.63, 3.8) is 0 Å². The average molecular weight is 124 g/mol. The molecular formula is C8H12O. The summed E-state index contributed by atoms with van der Waals surface area (Å²) in [5, 5.41) is 0. The Labute approximate surface area is 56.1 Å². The number of aldehydes is 1. The zero-order valence-corrected chi connectivity index (χ0v) is 6.14. The molecule has 0 saturated heterocycles. The molecule has 0 fully saturated rings. The largest absolute Gasteiger partial charge is 0.299 e. The fourth-order valence-electron chi connectivity index (χ4n) is 0.611. The van der Waals surface area contributed by atoms with Crippen molar-refractivity contribution in [3.05, 3.63) is 23.3 Å². The molecule has 0 aliphatic rings. The number of carbonyl (C=O) groups is 1. The molecule has 0 saturated carbocycles. The highest BCUT2D eigenvalue weighted by Crippen LogP contribution is 1.98. The van der Waals surface area contributed by atoms with E-state index >= 15 is 0 Å². The van der Waals surface area contributed by atoms with E-state index in [2.05, 4.69) is 0 Å². The lowest BCUT2D eigenvalue weighted by molar-refractivity contribution is -0.104. The molecule has 0 aromatic carbocycles. The van der Waals surface area contributed by atoms with Gasteiger partial charge in [0, 0.05) is 0 Å². The van der Waals surface area contributed by atoms with Gasteiger partial charge in [-0.25, -0.2) is 0 Å². The van der Waals surface area contributed by atoms with Gasteiger partial charge in [-0.2, -0.15) is 0 Å². The average Bonchev–Trinajstić information content (AvgIpc) is 1.63. The van der Waals surface area contributed by atoms with Crippen molar-refractivity contribution in [2.45, 2.75) is 20.8 Å². The lowest BCUT2D eigenvalue weighted by atomic mass is 10.2. The molecule has 0 amide bonds. The Kier molecular flexibility index (Phi) is 3.69. The summed E-state index contributed by atoms with van der Waals surface area (Å²) in [6.07, 6.45) is 4.32. The summed E-state index contributed by atoms with van der Waals surface area (Å²) in [5.74, 6) is 0. The molecule has 0 unspecified atom stereocenters. The maximum absolute atomic E-state index is 9.89. The van der Waals surface area contributed by atoms with Gasteiger partial charge in [-0.15, -0.1) is 0 Å². The molecule has 0 heterocycles. The van der Waals surface area contributed by atoms with Crippen molar-refractivity contribution in [2.24, 2.45) is 0 Å². The monoisotopic (exact) mass is 124 g/mol. The first kappa shape index (κ1) is 8.15. The van der Waals surface area contributed by atoms with Crippen LogP contribution in [-0.4, -0.2) is 6.29 Å². The molecule has 0 aromatic heterocycles. The highest BCUT2D eigenvalue weighted by molar-refractivity contribution is 5.66. The van der Waals surface area contributed by atoms with Crippen molar-refractivity contribution in [3.8, 4) is 0 Å². The summed E-state index contributed by atoms with van der Waals surface area (Å²) in [5.41, 5.74) is 2.22. The van der Waals surface area contributed by atoms with Crippen LogP contribution in [0.4, 0.5) is 0 Å². The van der Waals surface area contributed by atoms with E-state index in [1.807, 2.05) is 26.8 Å². The van der Waals surface area contributed by atoms with E-state index in [1.165, 1.54) is 5.57 Å². The van der Waals surface area contributed by atoms with Gasteiger partial charge in [0.15, 0.2) is 0 Å². The summed E-state index contributed by atoms with van der Waals surface area (Å²) in [7, 11) is 0. The first-order chi connectivity index (χ1) is 4.16. The molecule has 50 valence electrons. The minimum absolute atomic E-state index is 0.800. The summed E-state index contributed by atoms with van der Waals surface area (Å²) < 4.78 is 0. The Bertz CT molecular complexity index is 148. The second kappa shape index (κ2) is 4.07. The van der Waals surface area contributed by atoms with E-state index in [0.717, 1.165) is 11.9 Å². The van der Waals surface area contributed by atoms with E-state index in [4.69, 9.17) is 0 Å². The maximum Gasteiger partial charge on any atom is 0.143 e. The summed E-state index contributed by atoms with van der Waals surface area (Å²) in [4.78, 5) is 9.89. The van der Waals surface area contributed by atoms with Crippen LogP contribution in [0.2, 0.25) is 0 Å². The molecule has 0 rings (SSSR count). The van der Waals surface area contributed by atoms with Gasteiger partial charge in [-0.05, 0) is 32.4 Å². The fraction of sp³-hybridized carbons (Fsp3) is 0.375. The third-order valence-corrected chi connectivity index (χ3v) is 0.847. The highest BCUT2D eigenvalue weighted by Gasteiger charge is 1.79. The van der Waals surface area contributed by atoms with Crippen molar-refractivity contribution in [1.29, 1.82) is 0 Å². The van der Waals surface area contributed by atoms with Gasteiger partial charge in [-0.1, -0.05) is 11.6 Å². The molecule has 1 nitrogen and oxygen atoms in total. The Morgan fingerprint density at radius 3 is 2.11 bits per heavy atom. The second-order valence-electron chi connectivity index (χ2n) is 2.27. The van der Waals surface area contributed by atoms with Crippen LogP contribution in [0.3, 0.4) is 0 Å². The first-order valence-corrected chi connectivity index (χ1v) is 2.94. The third kappa shape index (κ3) is 5.01. The SMILES string of the molecule is CC(C)=C/C(C)=C\C=O. The number of rotatable bonds is 2. The van der Waals surface area contributed by atoms with Gasteiger partial charge in [0.1, 0.15) is 6.29 Å². The van der Waals surface area contributed by atoms with Crippen molar-refractivity contribution >= 4 is 6.29 Å². The van der Waals surface area contributed by atoms with Crippen LogP contribution in [0.5, 0.6) is 0 Å². The summed E-state index contributed by atoms with van der Waals surface area (Å²) in [6.45, 7) is 5.91. The van der Waals surface area contributed by atoms with Gasteiger partial charge < -0.3 is 0 Å². The maximum atomic E-state index is 9.89. The zero-order valence-electron chi connectivity index (χ0n) is 6.14. The molecule has 0 radical (unpaired) electrons. The van der Waals surface area contributed by atoms with Crippen molar-refractivity contribution < 1.29 is 4.79 Å². The van der Waals surface area contributed by atoms with Crippen LogP contribution < -0.4 is 0 Å². The fourth-order valence-corrected chi connectivity index (χ4v) is 0.611. The van der Waals surface area contributed by atoms with Crippen LogP contribution >= 0.6 is 0 Å². The summed E-state index contributed by atoms with van der Waals surface area (Å²) >= 11 is 0. The van der Waals surface area contributed by atoms with Crippen LogP contribution in [0.15, 0.2) is 23.3 Å². The first-order valence-electron chi connectivity index (χ1n) is 2.94. The van der Waals surface area contributed by atoms with E-state index in [0.29, 0.717) is 0 Å². The Balaban J connectivity index is 4.05. The molecular weight excluding hydrogens is 112 g/mol. The molecule has 9 heavy (non-hydrogen) atoms. The molecule has 0 aromatic rings. The zero-order chi connectivity index (χ0) is 7.28. The predicted molar refractivity (Wildman–Crippen MR) is 39.3 cm³/mol. The molecule has 0 aliphatic heterocycles. The predicted octanol–water partition coefficient (Wildman–Crippen LogP) is 2.10. The Morgan fingerprint density at radius 2 is 1.78 bits per heavy atom. The van der Waals surface area contributed by atoms with Crippen molar-refractivity contribution in [2.75, 3.05) is 0 Å². The van der Waals surface area contributed by atoms with Crippen LogP contribution in [0.1, 0.15) is 20.8 Å². The van der Waals surface area contributed by atoms with Gasteiger partial charge in [0.25, 0.3) is 0 Å². The van der Waals surface area contributed by atoms with E-state index in [-0.39, 0.29) is 0 Å². The highest BCUT2D eigenvalue weighted by atomic mass is 16.1. The van der Waals surface area contributed by atoms with E-state index in [9.17, 15) is 4.79 Å². The van der Waals surface area contributed by atoms with Gasteiger partial charge in [0.2, 0.25) is 0 Å². The second-order valence-corrected chi connectivity index (χ2v) is 2.27. The molecule has 0 atom stereocenters. The number of hydrogen-bond acceptors (Lipinski definition) is 1. The third-order valence-electron chi connectivity index (χ3n) is 0.847. The lowest BCUT2D eigenvalue weighted by Gasteiger charge is -1.88. The number of allylic oxidation sites excluding steroid dienone is 4. The van der Waals surface area contributed by atoms with E-state index < -0.39 is 0 Å². The molecule has 0 spiro atoms. The molecule has 0 bridgehead atoms. The Hall–Kier alpha value is -0.850. The lowest BCUT2D eigenvalue weighted by Crippen LogP contribution is -1.71. The summed E-state index contributed by atoms with van der Waals surface area (Å²) in [6, 6.07) is 0. The molecule has 1 heteroatoms. The van der Waals surface area contributed by atoms with Crippen molar-refractivity contribution in [1.82, 2.24) is 0 Å². The number of carbonyl (C=O) groups excluding carboxylic acids is 1. The standard InChI is InChI=1S/C8H12O/c1-7(2)6-8(3)4-5-9/h4-6H,1-3H3/b8-4-. The van der Waals surface area contributed by atoms with Gasteiger partial charge in [0.05, 0.1) is 0 Å². The van der Waals surface area contributed by atoms with Crippen LogP contribution in [-0.2, 0) is 4.79 Å². The van der Waals surface area contributed by atoms with E-state index in [1.54, 1.807) is 6.08 Å². The minimum atomic E-state index is 0.800. The number of hydrogen-bond donors (Lipinski definition) is 0. The molecule has 0 aliphatic carbocycles. The Morgan fingerprint density at radius 1 is 1.22 bits per heavy atom. The smallest absolute Gasteiger partial charge is 0.143 e. The minimum Gasteiger partial charge on any atom is -0.299 e. The van der Waals surface area contributed by atoms with Gasteiger partial charge >= 0.3 is 0 Å². The van der Waals surface area contributed by atoms with Crippen LogP contribution in [0.25, 0.3) is 0 Å². The topological polar surface area (TPSA) is 17.1 Å². The quantitative estimate of drug-likeness (QED) is 0.313.